The summed E-state index contributed by atoms with van der Waals surface area (Å²) in [6.45, 7) is 4.13. The van der Waals surface area contributed by atoms with Crippen molar-refractivity contribution in [3.8, 4) is 0 Å². The topological polar surface area (TPSA) is 62.3 Å². The van der Waals surface area contributed by atoms with Crippen molar-refractivity contribution in [2.24, 2.45) is 5.41 Å². The van der Waals surface area contributed by atoms with Crippen LogP contribution in [0, 0.1) is 5.41 Å². The third-order valence-corrected chi connectivity index (χ3v) is 4.24. The molecule has 0 atom stereocenters. The van der Waals surface area contributed by atoms with Crippen molar-refractivity contribution in [1.29, 1.82) is 0 Å². The molecule has 2 amide bonds. The number of nitrogens with zero attached hydrogens (tertiary/aromatic N) is 2. The number of carbonyl (C=O) groups excluding carboxylic acids is 2. The number of thiazole rings is 1. The Kier molecular flexibility index (Phi) is 3.14. The minimum absolute atomic E-state index is 0.0407. The van der Waals surface area contributed by atoms with Crippen molar-refractivity contribution in [2.45, 2.75) is 26.7 Å². The van der Waals surface area contributed by atoms with Gasteiger partial charge >= 0.3 is 6.03 Å². The lowest BCUT2D eigenvalue weighted by Crippen LogP contribution is -2.34. The van der Waals surface area contributed by atoms with Crippen LogP contribution < -0.4 is 10.2 Å². The minimum Gasteiger partial charge on any atom is -0.341 e. The number of ketones is 1. The van der Waals surface area contributed by atoms with Gasteiger partial charge in [0.1, 0.15) is 0 Å². The van der Waals surface area contributed by atoms with Crippen LogP contribution in [0.3, 0.4) is 0 Å². The molecule has 0 aromatic carbocycles. The van der Waals surface area contributed by atoms with Gasteiger partial charge in [-0.05, 0) is 11.8 Å². The molecule has 0 saturated carbocycles. The van der Waals surface area contributed by atoms with E-state index in [4.69, 9.17) is 0 Å². The lowest BCUT2D eigenvalue weighted by atomic mass is 9.78. The van der Waals surface area contributed by atoms with Crippen LogP contribution in [-0.4, -0.2) is 30.9 Å². The van der Waals surface area contributed by atoms with Crippen LogP contribution >= 0.6 is 11.3 Å². The van der Waals surface area contributed by atoms with Gasteiger partial charge in [-0.25, -0.2) is 9.78 Å². The number of urea groups is 1. The minimum atomic E-state index is -0.229. The second kappa shape index (κ2) is 4.35. The second-order valence-corrected chi connectivity index (χ2v) is 6.30. The average Bonchev–Trinajstić information content (AvgIpc) is 2.69. The molecule has 18 heavy (non-hydrogen) atoms. The number of hydrogen-bond donors (Lipinski definition) is 1. The SMILES string of the molecule is CNC(=O)N(C)c1nc2c(s1)C(=O)CC(C)(C)C2. The summed E-state index contributed by atoms with van der Waals surface area (Å²) in [6, 6.07) is -0.229. The zero-order chi connectivity index (χ0) is 13.5. The van der Waals surface area contributed by atoms with Crippen LogP contribution in [0.1, 0.15) is 35.6 Å². The fraction of sp³-hybridized carbons (Fsp3) is 0.583. The van der Waals surface area contributed by atoms with Gasteiger partial charge in [0, 0.05) is 20.5 Å². The Balaban J connectivity index is 2.35. The molecule has 0 bridgehead atoms. The van der Waals surface area contributed by atoms with Crippen LogP contribution in [0.5, 0.6) is 0 Å². The maximum absolute atomic E-state index is 12.0. The van der Waals surface area contributed by atoms with Gasteiger partial charge in [0.2, 0.25) is 0 Å². The van der Waals surface area contributed by atoms with Crippen LogP contribution in [0.4, 0.5) is 9.93 Å². The van der Waals surface area contributed by atoms with Crippen molar-refractivity contribution in [1.82, 2.24) is 10.3 Å². The molecule has 1 aromatic rings. The molecule has 1 N–H and O–H groups in total. The molecular weight excluding hydrogens is 250 g/mol. The first kappa shape index (κ1) is 13.0. The Bertz CT molecular complexity index is 507. The van der Waals surface area contributed by atoms with Crippen molar-refractivity contribution in [3.63, 3.8) is 0 Å². The van der Waals surface area contributed by atoms with Crippen molar-refractivity contribution < 1.29 is 9.59 Å². The van der Waals surface area contributed by atoms with Gasteiger partial charge in [-0.3, -0.25) is 9.69 Å². The van der Waals surface area contributed by atoms with Gasteiger partial charge in [0.15, 0.2) is 10.9 Å². The lowest BCUT2D eigenvalue weighted by Gasteiger charge is -2.26. The first-order valence-corrected chi connectivity index (χ1v) is 6.64. The molecule has 0 saturated heterocycles. The second-order valence-electron chi connectivity index (χ2n) is 5.33. The van der Waals surface area contributed by atoms with Crippen LogP contribution in [-0.2, 0) is 6.42 Å². The molecule has 1 aliphatic rings. The number of anilines is 1. The number of aromatic nitrogens is 1. The number of hydrogen-bond acceptors (Lipinski definition) is 4. The van der Waals surface area contributed by atoms with Crippen LogP contribution in [0.2, 0.25) is 0 Å². The van der Waals surface area contributed by atoms with Crippen molar-refractivity contribution in [3.05, 3.63) is 10.6 Å². The van der Waals surface area contributed by atoms with E-state index in [0.717, 1.165) is 12.1 Å². The molecule has 0 radical (unpaired) electrons. The first-order chi connectivity index (χ1) is 8.34. The summed E-state index contributed by atoms with van der Waals surface area (Å²) in [5.74, 6) is 0.135. The first-order valence-electron chi connectivity index (χ1n) is 5.82. The highest BCUT2D eigenvalue weighted by molar-refractivity contribution is 7.17. The molecule has 1 heterocycles. The number of Topliss-reactive ketones (excluding diaryl/α,β-unsaturated/α-hetero) is 1. The smallest absolute Gasteiger partial charge is 0.323 e. The number of fused-ring (bicyclic) bond motifs is 1. The molecule has 0 unspecified atom stereocenters. The Hall–Kier alpha value is -1.43. The van der Waals surface area contributed by atoms with E-state index in [9.17, 15) is 9.59 Å². The molecule has 1 aliphatic carbocycles. The third-order valence-electron chi connectivity index (χ3n) is 3.03. The van der Waals surface area contributed by atoms with E-state index in [1.807, 2.05) is 0 Å². The monoisotopic (exact) mass is 267 g/mol. The van der Waals surface area contributed by atoms with Gasteiger partial charge in [-0.15, -0.1) is 0 Å². The molecule has 0 fully saturated rings. The van der Waals surface area contributed by atoms with Crippen molar-refractivity contribution in [2.75, 3.05) is 19.0 Å². The molecule has 1 aromatic heterocycles. The highest BCUT2D eigenvalue weighted by atomic mass is 32.1. The van der Waals surface area contributed by atoms with Gasteiger partial charge in [0.05, 0.1) is 10.6 Å². The lowest BCUT2D eigenvalue weighted by molar-refractivity contribution is 0.0916. The third kappa shape index (κ3) is 2.25. The van der Waals surface area contributed by atoms with E-state index in [0.29, 0.717) is 16.4 Å². The number of carbonyl (C=O) groups is 2. The summed E-state index contributed by atoms with van der Waals surface area (Å²) in [7, 11) is 3.22. The van der Waals surface area contributed by atoms with Crippen molar-refractivity contribution >= 4 is 28.3 Å². The van der Waals surface area contributed by atoms with E-state index >= 15 is 0 Å². The Morgan fingerprint density at radius 3 is 2.72 bits per heavy atom. The van der Waals surface area contributed by atoms with E-state index in [1.165, 1.54) is 16.2 Å². The maximum Gasteiger partial charge on any atom is 0.323 e. The zero-order valence-corrected chi connectivity index (χ0v) is 11.8. The summed E-state index contributed by atoms with van der Waals surface area (Å²) >= 11 is 1.30. The van der Waals surface area contributed by atoms with E-state index in [2.05, 4.69) is 24.1 Å². The van der Waals surface area contributed by atoms with Gasteiger partial charge in [-0.1, -0.05) is 25.2 Å². The van der Waals surface area contributed by atoms with E-state index < -0.39 is 0 Å². The Labute approximate surface area is 110 Å². The fourth-order valence-corrected chi connectivity index (χ4v) is 3.09. The summed E-state index contributed by atoms with van der Waals surface area (Å²) in [5.41, 5.74) is 0.785. The zero-order valence-electron chi connectivity index (χ0n) is 11.0. The van der Waals surface area contributed by atoms with Crippen LogP contribution in [0.25, 0.3) is 0 Å². The standard InChI is InChI=1S/C12H17N3O2S/c1-12(2)5-7-9(8(16)6-12)18-11(14-7)15(4)10(17)13-3/h5-6H2,1-4H3,(H,13,17). The highest BCUT2D eigenvalue weighted by Crippen LogP contribution is 2.38. The van der Waals surface area contributed by atoms with E-state index in [1.54, 1.807) is 14.1 Å². The average molecular weight is 267 g/mol. The highest BCUT2D eigenvalue weighted by Gasteiger charge is 2.34. The Morgan fingerprint density at radius 1 is 1.44 bits per heavy atom. The molecule has 5 nitrogen and oxygen atoms in total. The maximum atomic E-state index is 12.0. The summed E-state index contributed by atoms with van der Waals surface area (Å²) in [4.78, 5) is 30.1. The molecule has 98 valence electrons. The van der Waals surface area contributed by atoms with Gasteiger partial charge < -0.3 is 5.32 Å². The number of rotatable bonds is 1. The molecule has 0 spiro atoms. The van der Waals surface area contributed by atoms with Gasteiger partial charge in [-0.2, -0.15) is 0 Å². The summed E-state index contributed by atoms with van der Waals surface area (Å²) < 4.78 is 0. The predicted molar refractivity (Wildman–Crippen MR) is 71.4 cm³/mol. The normalized spacial score (nSPS) is 17.2. The quantitative estimate of drug-likeness (QED) is 0.847. The van der Waals surface area contributed by atoms with Gasteiger partial charge in [0.25, 0.3) is 0 Å². The Morgan fingerprint density at radius 2 is 2.11 bits per heavy atom. The number of amides is 2. The largest absolute Gasteiger partial charge is 0.341 e. The predicted octanol–water partition coefficient (Wildman–Crippen LogP) is 2.07. The summed E-state index contributed by atoms with van der Waals surface area (Å²) in [6.07, 6.45) is 1.33. The molecule has 0 aliphatic heterocycles. The summed E-state index contributed by atoms with van der Waals surface area (Å²) in [5, 5.41) is 3.11. The molecular formula is C12H17N3O2S. The fourth-order valence-electron chi connectivity index (χ4n) is 2.11. The van der Waals surface area contributed by atoms with Crippen LogP contribution in [0.15, 0.2) is 0 Å². The number of nitrogens with one attached hydrogen (secondary N) is 1. The molecule has 2 rings (SSSR count). The molecule has 6 heteroatoms. The van der Waals surface area contributed by atoms with E-state index in [-0.39, 0.29) is 17.2 Å².